The lowest BCUT2D eigenvalue weighted by molar-refractivity contribution is -0.137. The van der Waals surface area contributed by atoms with Crippen LogP contribution in [0.5, 0.6) is 0 Å². The molecular formula is C21H23ClF3N3O. The van der Waals surface area contributed by atoms with Crippen LogP contribution >= 0.6 is 12.4 Å². The molecule has 8 heteroatoms. The van der Waals surface area contributed by atoms with Gasteiger partial charge in [-0.3, -0.25) is 14.7 Å². The number of halogens is 4. The third kappa shape index (κ3) is 4.12. The number of pyridine rings is 1. The molecule has 1 aromatic heterocycles. The molecular weight excluding hydrogens is 403 g/mol. The fraction of sp³-hybridized carbons (Fsp3) is 0.429. The van der Waals surface area contributed by atoms with E-state index in [0.717, 1.165) is 48.2 Å². The molecule has 0 aliphatic carbocycles. The summed E-state index contributed by atoms with van der Waals surface area (Å²) in [5, 5.41) is 2.89. The second-order valence-electron chi connectivity index (χ2n) is 7.71. The van der Waals surface area contributed by atoms with Crippen molar-refractivity contribution in [1.29, 1.82) is 0 Å². The van der Waals surface area contributed by atoms with Crippen molar-refractivity contribution in [3.8, 4) is 11.1 Å². The Morgan fingerprint density at radius 1 is 1.14 bits per heavy atom. The van der Waals surface area contributed by atoms with E-state index in [0.29, 0.717) is 13.0 Å². The van der Waals surface area contributed by atoms with Gasteiger partial charge in [-0.1, -0.05) is 12.1 Å². The molecule has 2 fully saturated rings. The summed E-state index contributed by atoms with van der Waals surface area (Å²) < 4.78 is 38.4. The molecule has 1 aromatic carbocycles. The molecule has 156 valence electrons. The average Bonchev–Trinajstić information content (AvgIpc) is 2.97. The first-order valence-electron chi connectivity index (χ1n) is 9.42. The number of hydrogen-bond donors (Lipinski definition) is 1. The first-order valence-corrected chi connectivity index (χ1v) is 9.42. The molecule has 4 nitrogen and oxygen atoms in total. The third-order valence-corrected chi connectivity index (χ3v) is 6.17. The maximum Gasteiger partial charge on any atom is 0.416 e. The average molecular weight is 426 g/mol. The van der Waals surface area contributed by atoms with Gasteiger partial charge < -0.3 is 5.32 Å². The highest BCUT2D eigenvalue weighted by Crippen LogP contribution is 2.45. The molecule has 1 spiro atoms. The fourth-order valence-corrected chi connectivity index (χ4v) is 4.51. The molecule has 1 amide bonds. The summed E-state index contributed by atoms with van der Waals surface area (Å²) in [5.74, 6) is 0.0882. The molecule has 1 unspecified atom stereocenters. The van der Waals surface area contributed by atoms with Crippen LogP contribution in [-0.2, 0) is 11.0 Å². The largest absolute Gasteiger partial charge is 0.416 e. The second-order valence-corrected chi connectivity index (χ2v) is 7.71. The number of hydrogen-bond acceptors (Lipinski definition) is 3. The molecule has 4 rings (SSSR count). The quantitative estimate of drug-likeness (QED) is 0.764. The van der Waals surface area contributed by atoms with Crippen molar-refractivity contribution in [2.24, 2.45) is 0 Å². The first kappa shape index (κ1) is 21.6. The van der Waals surface area contributed by atoms with Gasteiger partial charge in [-0.2, -0.15) is 13.2 Å². The Morgan fingerprint density at radius 2 is 1.86 bits per heavy atom. The van der Waals surface area contributed by atoms with Crippen LogP contribution in [0.3, 0.4) is 0 Å². The smallest absolute Gasteiger partial charge is 0.356 e. The number of rotatable bonds is 2. The molecule has 1 N–H and O–H groups in total. The highest BCUT2D eigenvalue weighted by molar-refractivity contribution is 5.85. The van der Waals surface area contributed by atoms with Gasteiger partial charge in [0.15, 0.2) is 0 Å². The van der Waals surface area contributed by atoms with Crippen LogP contribution in [-0.4, -0.2) is 34.9 Å². The van der Waals surface area contributed by atoms with Crippen molar-refractivity contribution in [3.05, 3.63) is 53.9 Å². The minimum atomic E-state index is -4.34. The maximum absolute atomic E-state index is 12.8. The van der Waals surface area contributed by atoms with E-state index in [9.17, 15) is 18.0 Å². The van der Waals surface area contributed by atoms with E-state index in [2.05, 4.69) is 15.2 Å². The number of amides is 1. The van der Waals surface area contributed by atoms with E-state index in [1.807, 2.05) is 19.2 Å². The van der Waals surface area contributed by atoms with E-state index >= 15 is 0 Å². The number of nitrogens with zero attached hydrogens (tertiary/aromatic N) is 2. The topological polar surface area (TPSA) is 45.2 Å². The van der Waals surface area contributed by atoms with Gasteiger partial charge >= 0.3 is 6.18 Å². The molecule has 2 aliphatic rings. The Labute approximate surface area is 173 Å². The summed E-state index contributed by atoms with van der Waals surface area (Å²) in [6.07, 6.45) is 0.633. The Hall–Kier alpha value is -2.12. The minimum absolute atomic E-state index is 0. The van der Waals surface area contributed by atoms with E-state index in [4.69, 9.17) is 0 Å². The molecule has 3 heterocycles. The second kappa shape index (κ2) is 7.95. The van der Waals surface area contributed by atoms with Gasteiger partial charge in [0.1, 0.15) is 0 Å². The summed E-state index contributed by atoms with van der Waals surface area (Å²) in [4.78, 5) is 18.7. The summed E-state index contributed by atoms with van der Waals surface area (Å²) in [6, 6.07) is 9.05. The predicted molar refractivity (Wildman–Crippen MR) is 107 cm³/mol. The van der Waals surface area contributed by atoms with Crippen molar-refractivity contribution in [1.82, 2.24) is 15.2 Å². The number of benzene rings is 1. The number of piperidine rings is 1. The fourth-order valence-electron chi connectivity index (χ4n) is 4.51. The van der Waals surface area contributed by atoms with Gasteiger partial charge in [-0.15, -0.1) is 12.4 Å². The van der Waals surface area contributed by atoms with Gasteiger partial charge in [-0.25, -0.2) is 0 Å². The van der Waals surface area contributed by atoms with E-state index in [-0.39, 0.29) is 29.9 Å². The zero-order valence-corrected chi connectivity index (χ0v) is 16.8. The van der Waals surface area contributed by atoms with Gasteiger partial charge in [0.2, 0.25) is 5.91 Å². The molecule has 2 atom stereocenters. The maximum atomic E-state index is 12.8. The summed E-state index contributed by atoms with van der Waals surface area (Å²) in [7, 11) is 2.04. The van der Waals surface area contributed by atoms with Crippen LogP contribution in [0.4, 0.5) is 13.2 Å². The number of carbonyl (C=O) groups excluding carboxylic acids is 1. The molecule has 2 saturated heterocycles. The van der Waals surface area contributed by atoms with Crippen LogP contribution in [0.2, 0.25) is 0 Å². The van der Waals surface area contributed by atoms with Crippen molar-refractivity contribution < 1.29 is 18.0 Å². The van der Waals surface area contributed by atoms with Gasteiger partial charge in [0.25, 0.3) is 0 Å². The van der Waals surface area contributed by atoms with Crippen LogP contribution in [0.25, 0.3) is 11.1 Å². The van der Waals surface area contributed by atoms with Gasteiger partial charge in [-0.05, 0) is 61.7 Å². The zero-order chi connectivity index (χ0) is 19.9. The van der Waals surface area contributed by atoms with Crippen LogP contribution < -0.4 is 5.32 Å². The lowest BCUT2D eigenvalue weighted by Gasteiger charge is -2.41. The molecule has 0 bridgehead atoms. The number of carbonyl (C=O) groups is 1. The Morgan fingerprint density at radius 3 is 2.52 bits per heavy atom. The van der Waals surface area contributed by atoms with Crippen molar-refractivity contribution in [2.75, 3.05) is 13.6 Å². The van der Waals surface area contributed by atoms with Crippen molar-refractivity contribution in [3.63, 3.8) is 0 Å². The monoisotopic (exact) mass is 425 g/mol. The van der Waals surface area contributed by atoms with Crippen LogP contribution in [0.15, 0.2) is 42.6 Å². The van der Waals surface area contributed by atoms with E-state index in [1.165, 1.54) is 12.1 Å². The number of alkyl halides is 3. The lowest BCUT2D eigenvalue weighted by atomic mass is 9.86. The Kier molecular flexibility index (Phi) is 5.92. The standard InChI is InChI=1S/C21H22F3N3O.ClH/c1-27-18(6-8-20(27)9-11-26-19(28)13-20)17-12-15(7-10-25-17)14-2-4-16(5-3-14)21(22,23)24;/h2-5,7,10,12,18H,6,8-9,11,13H2,1H3,(H,26,28);1H/t18-,20?;/m0./s1. The molecule has 0 saturated carbocycles. The minimum Gasteiger partial charge on any atom is -0.356 e. The first-order chi connectivity index (χ1) is 13.3. The van der Waals surface area contributed by atoms with Crippen LogP contribution in [0.1, 0.15) is 43.0 Å². The highest BCUT2D eigenvalue weighted by atomic mass is 35.5. The number of aromatic nitrogens is 1. The summed E-state index contributed by atoms with van der Waals surface area (Å²) >= 11 is 0. The summed E-state index contributed by atoms with van der Waals surface area (Å²) in [5.41, 5.74) is 1.68. The predicted octanol–water partition coefficient (Wildman–Crippen LogP) is 4.60. The highest BCUT2D eigenvalue weighted by Gasteiger charge is 2.47. The normalized spacial score (nSPS) is 25.0. The zero-order valence-electron chi connectivity index (χ0n) is 16.0. The van der Waals surface area contributed by atoms with Crippen molar-refractivity contribution >= 4 is 18.3 Å². The molecule has 0 radical (unpaired) electrons. The molecule has 2 aliphatic heterocycles. The van der Waals surface area contributed by atoms with Gasteiger partial charge in [0.05, 0.1) is 17.3 Å². The van der Waals surface area contributed by atoms with E-state index < -0.39 is 11.7 Å². The SMILES string of the molecule is CN1[C@H](c2cc(-c3ccc(C(F)(F)F)cc3)ccn2)CCC12CCNC(=O)C2.Cl. The Bertz CT molecular complexity index is 887. The molecule has 2 aromatic rings. The van der Waals surface area contributed by atoms with Gasteiger partial charge in [0, 0.05) is 24.7 Å². The lowest BCUT2D eigenvalue weighted by Crippen LogP contribution is -2.52. The number of likely N-dealkylation sites (tertiary alicyclic amines) is 1. The Balaban J connectivity index is 0.00000240. The molecule has 29 heavy (non-hydrogen) atoms. The van der Waals surface area contributed by atoms with Crippen molar-refractivity contribution in [2.45, 2.75) is 43.4 Å². The third-order valence-electron chi connectivity index (χ3n) is 6.17. The van der Waals surface area contributed by atoms with E-state index in [1.54, 1.807) is 6.20 Å². The number of nitrogens with one attached hydrogen (secondary N) is 1. The van der Waals surface area contributed by atoms with Crippen LogP contribution in [0, 0.1) is 0 Å². The summed E-state index contributed by atoms with van der Waals surface area (Å²) in [6.45, 7) is 0.689.